The number of aryl methyl sites for hydroxylation is 1. The quantitative estimate of drug-likeness (QED) is 0.756. The van der Waals surface area contributed by atoms with Crippen LogP contribution in [0.5, 0.6) is 0 Å². The first kappa shape index (κ1) is 16.3. The zero-order chi connectivity index (χ0) is 17.9. The molecule has 8 nitrogen and oxygen atoms in total. The minimum Gasteiger partial charge on any atom is -0.378 e. The molecule has 4 rings (SSSR count). The highest BCUT2D eigenvalue weighted by molar-refractivity contribution is 6.00. The molecular formula is C18H20N6O2. The number of urea groups is 1. The van der Waals surface area contributed by atoms with Crippen molar-refractivity contribution in [2.45, 2.75) is 0 Å². The molecule has 8 heteroatoms. The first-order chi connectivity index (χ1) is 12.7. The molecule has 0 radical (unpaired) electrons. The summed E-state index contributed by atoms with van der Waals surface area (Å²) in [6, 6.07) is 13.0. The highest BCUT2D eigenvalue weighted by Gasteiger charge is 2.11. The normalized spacial score (nSPS) is 14.4. The lowest BCUT2D eigenvalue weighted by atomic mass is 10.2. The molecule has 2 heterocycles. The van der Waals surface area contributed by atoms with Crippen molar-refractivity contribution in [1.82, 2.24) is 15.0 Å². The van der Waals surface area contributed by atoms with Crippen LogP contribution in [0.3, 0.4) is 0 Å². The molecule has 2 N–H and O–H groups in total. The highest BCUT2D eigenvalue weighted by Crippen LogP contribution is 2.20. The number of hydrogen-bond donors (Lipinski definition) is 2. The zero-order valence-corrected chi connectivity index (χ0v) is 14.5. The van der Waals surface area contributed by atoms with Gasteiger partial charge < -0.3 is 20.3 Å². The van der Waals surface area contributed by atoms with E-state index in [-0.39, 0.29) is 6.03 Å². The number of morpholine rings is 1. The molecule has 0 unspecified atom stereocenters. The Morgan fingerprint density at radius 1 is 1.04 bits per heavy atom. The largest absolute Gasteiger partial charge is 0.378 e. The van der Waals surface area contributed by atoms with Crippen LogP contribution in [0.15, 0.2) is 42.5 Å². The lowest BCUT2D eigenvalue weighted by Crippen LogP contribution is -2.36. The second kappa shape index (κ2) is 7.01. The summed E-state index contributed by atoms with van der Waals surface area (Å²) in [5.41, 5.74) is 4.18. The molecule has 0 saturated carbocycles. The van der Waals surface area contributed by atoms with E-state index in [1.54, 1.807) is 10.7 Å². The average molecular weight is 352 g/mol. The maximum absolute atomic E-state index is 12.2. The number of nitrogens with one attached hydrogen (secondary N) is 2. The third-order valence-electron chi connectivity index (χ3n) is 4.37. The molecule has 0 aliphatic carbocycles. The Kier molecular flexibility index (Phi) is 4.40. The summed E-state index contributed by atoms with van der Waals surface area (Å²) in [5.74, 6) is 0. The Hall–Kier alpha value is -3.13. The number of aromatic nitrogens is 3. The van der Waals surface area contributed by atoms with E-state index in [4.69, 9.17) is 4.74 Å². The van der Waals surface area contributed by atoms with E-state index in [1.165, 1.54) is 0 Å². The number of carbonyl (C=O) groups excluding carboxylic acids is 1. The molecule has 2 amide bonds. The van der Waals surface area contributed by atoms with E-state index < -0.39 is 0 Å². The maximum Gasteiger partial charge on any atom is 0.323 e. The molecular weight excluding hydrogens is 332 g/mol. The van der Waals surface area contributed by atoms with Crippen LogP contribution < -0.4 is 15.5 Å². The average Bonchev–Trinajstić information content (AvgIpc) is 3.03. The van der Waals surface area contributed by atoms with Gasteiger partial charge in [0.15, 0.2) is 0 Å². The molecule has 1 aliphatic rings. The molecule has 3 aromatic rings. The van der Waals surface area contributed by atoms with E-state index in [0.717, 1.165) is 48.7 Å². The highest BCUT2D eigenvalue weighted by atomic mass is 16.5. The van der Waals surface area contributed by atoms with Crippen LogP contribution in [0.25, 0.3) is 11.0 Å². The van der Waals surface area contributed by atoms with Crippen molar-refractivity contribution in [3.63, 3.8) is 0 Å². The Bertz CT molecular complexity index is 915. The van der Waals surface area contributed by atoms with Crippen LogP contribution in [0, 0.1) is 0 Å². The number of rotatable bonds is 3. The molecule has 2 aromatic carbocycles. The maximum atomic E-state index is 12.2. The zero-order valence-electron chi connectivity index (χ0n) is 14.5. The van der Waals surface area contributed by atoms with Gasteiger partial charge in [-0.3, -0.25) is 0 Å². The Labute approximate surface area is 150 Å². The third kappa shape index (κ3) is 3.45. The summed E-state index contributed by atoms with van der Waals surface area (Å²) >= 11 is 0. The SMILES string of the molecule is Cn1nnc2cc(NC(=O)Nc3ccc(N4CCOCC4)cc3)ccc21. The van der Waals surface area contributed by atoms with Crippen LogP contribution >= 0.6 is 0 Å². The predicted octanol–water partition coefficient (Wildman–Crippen LogP) is 2.45. The number of amides is 2. The summed E-state index contributed by atoms with van der Waals surface area (Å²) in [5, 5.41) is 13.7. The van der Waals surface area contributed by atoms with Gasteiger partial charge in [0.1, 0.15) is 5.52 Å². The number of hydrogen-bond acceptors (Lipinski definition) is 5. The monoisotopic (exact) mass is 352 g/mol. The minimum absolute atomic E-state index is 0.299. The lowest BCUT2D eigenvalue weighted by molar-refractivity contribution is 0.122. The number of anilines is 3. The van der Waals surface area contributed by atoms with Gasteiger partial charge in [0.2, 0.25) is 0 Å². The number of nitrogens with zero attached hydrogens (tertiary/aromatic N) is 4. The van der Waals surface area contributed by atoms with Crippen LogP contribution in [0.2, 0.25) is 0 Å². The Morgan fingerprint density at radius 3 is 2.50 bits per heavy atom. The summed E-state index contributed by atoms with van der Waals surface area (Å²) in [6.45, 7) is 3.27. The van der Waals surface area contributed by atoms with Crippen LogP contribution in [-0.2, 0) is 11.8 Å². The number of benzene rings is 2. The first-order valence-electron chi connectivity index (χ1n) is 8.49. The van der Waals surface area contributed by atoms with Crippen molar-refractivity contribution < 1.29 is 9.53 Å². The van der Waals surface area contributed by atoms with Crippen LogP contribution in [0.1, 0.15) is 0 Å². The van der Waals surface area contributed by atoms with Crippen molar-refractivity contribution >= 4 is 34.1 Å². The standard InChI is InChI=1S/C18H20N6O2/c1-23-17-7-4-14(12-16(17)21-22-23)20-18(25)19-13-2-5-15(6-3-13)24-8-10-26-11-9-24/h2-7,12H,8-11H2,1H3,(H2,19,20,25). The molecule has 1 aromatic heterocycles. The Balaban J connectivity index is 1.39. The molecule has 26 heavy (non-hydrogen) atoms. The second-order valence-corrected chi connectivity index (χ2v) is 6.14. The smallest absolute Gasteiger partial charge is 0.323 e. The van der Waals surface area contributed by atoms with E-state index in [9.17, 15) is 4.79 Å². The van der Waals surface area contributed by atoms with Gasteiger partial charge in [-0.1, -0.05) is 5.21 Å². The van der Waals surface area contributed by atoms with Gasteiger partial charge in [-0.2, -0.15) is 0 Å². The van der Waals surface area contributed by atoms with Gasteiger partial charge in [-0.05, 0) is 42.5 Å². The lowest BCUT2D eigenvalue weighted by Gasteiger charge is -2.28. The fourth-order valence-electron chi connectivity index (χ4n) is 2.99. The molecule has 1 saturated heterocycles. The van der Waals surface area contributed by atoms with Gasteiger partial charge in [0, 0.05) is 37.2 Å². The number of carbonyl (C=O) groups is 1. The van der Waals surface area contributed by atoms with Gasteiger partial charge in [0.25, 0.3) is 0 Å². The number of fused-ring (bicyclic) bond motifs is 1. The second-order valence-electron chi connectivity index (χ2n) is 6.14. The molecule has 1 aliphatic heterocycles. The van der Waals surface area contributed by atoms with Crippen LogP contribution in [0.4, 0.5) is 21.9 Å². The summed E-state index contributed by atoms with van der Waals surface area (Å²) < 4.78 is 7.06. The minimum atomic E-state index is -0.299. The fraction of sp³-hybridized carbons (Fsp3) is 0.278. The topological polar surface area (TPSA) is 84.3 Å². The molecule has 1 fully saturated rings. The van der Waals surface area contributed by atoms with Gasteiger partial charge in [0.05, 0.1) is 18.7 Å². The number of ether oxygens (including phenoxy) is 1. The van der Waals surface area contributed by atoms with E-state index in [0.29, 0.717) is 5.69 Å². The van der Waals surface area contributed by atoms with Gasteiger partial charge >= 0.3 is 6.03 Å². The van der Waals surface area contributed by atoms with Gasteiger partial charge in [-0.15, -0.1) is 5.10 Å². The van der Waals surface area contributed by atoms with E-state index in [2.05, 4.69) is 25.8 Å². The predicted molar refractivity (Wildman–Crippen MR) is 101 cm³/mol. The van der Waals surface area contributed by atoms with E-state index in [1.807, 2.05) is 43.4 Å². The summed E-state index contributed by atoms with van der Waals surface area (Å²) in [7, 11) is 1.83. The van der Waals surface area contributed by atoms with E-state index >= 15 is 0 Å². The molecule has 0 bridgehead atoms. The van der Waals surface area contributed by atoms with Crippen LogP contribution in [-0.4, -0.2) is 47.3 Å². The van der Waals surface area contributed by atoms with Gasteiger partial charge in [-0.25, -0.2) is 9.48 Å². The molecule has 134 valence electrons. The molecule has 0 atom stereocenters. The van der Waals surface area contributed by atoms with Crippen molar-refractivity contribution in [2.24, 2.45) is 7.05 Å². The van der Waals surface area contributed by atoms with Crippen molar-refractivity contribution in [3.05, 3.63) is 42.5 Å². The van der Waals surface area contributed by atoms with Crippen molar-refractivity contribution in [2.75, 3.05) is 41.8 Å². The first-order valence-corrected chi connectivity index (χ1v) is 8.49. The molecule has 0 spiro atoms. The van der Waals surface area contributed by atoms with Crippen molar-refractivity contribution in [3.8, 4) is 0 Å². The Morgan fingerprint density at radius 2 is 1.73 bits per heavy atom. The van der Waals surface area contributed by atoms with Crippen molar-refractivity contribution in [1.29, 1.82) is 0 Å². The summed E-state index contributed by atoms with van der Waals surface area (Å²) in [6.07, 6.45) is 0. The summed E-state index contributed by atoms with van der Waals surface area (Å²) in [4.78, 5) is 14.5. The third-order valence-corrected chi connectivity index (χ3v) is 4.37. The fourth-order valence-corrected chi connectivity index (χ4v) is 2.99.